The SMILES string of the molecule is Cc1nc(C(C)C)c2c(n1)N1CCCOCC1CO2. The second-order valence-corrected chi connectivity index (χ2v) is 5.55. The highest BCUT2D eigenvalue weighted by atomic mass is 16.5. The van der Waals surface area contributed by atoms with Crippen molar-refractivity contribution in [3.05, 3.63) is 11.5 Å². The quantitative estimate of drug-likeness (QED) is 0.774. The summed E-state index contributed by atoms with van der Waals surface area (Å²) in [6, 6.07) is 0.282. The molecular formula is C14H21N3O2. The molecule has 0 spiro atoms. The number of hydrogen-bond donors (Lipinski definition) is 0. The van der Waals surface area contributed by atoms with Gasteiger partial charge in [-0.15, -0.1) is 0 Å². The molecule has 1 aromatic heterocycles. The standard InChI is InChI=1S/C14H21N3O2/c1-9(2)12-13-14(16-10(3)15-12)17-5-4-6-18-7-11(17)8-19-13/h9,11H,4-8H2,1-3H3. The molecule has 104 valence electrons. The molecule has 0 radical (unpaired) electrons. The molecule has 1 unspecified atom stereocenters. The van der Waals surface area contributed by atoms with Crippen molar-refractivity contribution < 1.29 is 9.47 Å². The van der Waals surface area contributed by atoms with Gasteiger partial charge >= 0.3 is 0 Å². The normalized spacial score (nSPS) is 22.5. The van der Waals surface area contributed by atoms with Crippen molar-refractivity contribution in [2.75, 3.05) is 31.3 Å². The van der Waals surface area contributed by atoms with E-state index in [2.05, 4.69) is 28.7 Å². The van der Waals surface area contributed by atoms with E-state index in [9.17, 15) is 0 Å². The summed E-state index contributed by atoms with van der Waals surface area (Å²) in [6.07, 6.45) is 1.04. The fourth-order valence-corrected chi connectivity index (χ4v) is 2.72. The van der Waals surface area contributed by atoms with Gasteiger partial charge in [0.2, 0.25) is 0 Å². The Labute approximate surface area is 113 Å². The molecule has 3 rings (SSSR count). The molecule has 1 aromatic rings. The summed E-state index contributed by atoms with van der Waals surface area (Å²) in [4.78, 5) is 11.5. The van der Waals surface area contributed by atoms with Crippen LogP contribution in [0.5, 0.6) is 5.75 Å². The van der Waals surface area contributed by atoms with Crippen LogP contribution in [0.15, 0.2) is 0 Å². The molecule has 0 saturated carbocycles. The molecular weight excluding hydrogens is 242 g/mol. The van der Waals surface area contributed by atoms with Crippen LogP contribution in [0, 0.1) is 6.92 Å². The predicted molar refractivity (Wildman–Crippen MR) is 72.9 cm³/mol. The summed E-state index contributed by atoms with van der Waals surface area (Å²) < 4.78 is 11.6. The monoisotopic (exact) mass is 263 g/mol. The number of rotatable bonds is 1. The second kappa shape index (κ2) is 4.96. The Balaban J connectivity index is 2.06. The first-order valence-corrected chi connectivity index (χ1v) is 7.02. The molecule has 0 aliphatic carbocycles. The van der Waals surface area contributed by atoms with Gasteiger partial charge in [0, 0.05) is 13.2 Å². The van der Waals surface area contributed by atoms with Crippen molar-refractivity contribution in [2.24, 2.45) is 0 Å². The molecule has 0 bridgehead atoms. The largest absolute Gasteiger partial charge is 0.486 e. The molecule has 19 heavy (non-hydrogen) atoms. The van der Waals surface area contributed by atoms with Gasteiger partial charge < -0.3 is 14.4 Å². The Bertz CT molecular complexity index is 476. The lowest BCUT2D eigenvalue weighted by atomic mass is 10.1. The summed E-state index contributed by atoms with van der Waals surface area (Å²) in [5.74, 6) is 2.99. The first-order valence-electron chi connectivity index (χ1n) is 7.02. The van der Waals surface area contributed by atoms with Crippen LogP contribution in [0.25, 0.3) is 0 Å². The highest BCUT2D eigenvalue weighted by Crippen LogP contribution is 2.38. The minimum atomic E-state index is 0.282. The fraction of sp³-hybridized carbons (Fsp3) is 0.714. The van der Waals surface area contributed by atoms with Crippen LogP contribution in [0.1, 0.15) is 37.7 Å². The van der Waals surface area contributed by atoms with Gasteiger partial charge in [-0.2, -0.15) is 0 Å². The van der Waals surface area contributed by atoms with Crippen molar-refractivity contribution in [3.8, 4) is 5.75 Å². The third-order valence-corrected chi connectivity index (χ3v) is 3.66. The van der Waals surface area contributed by atoms with E-state index in [-0.39, 0.29) is 6.04 Å². The second-order valence-electron chi connectivity index (χ2n) is 5.55. The van der Waals surface area contributed by atoms with Gasteiger partial charge in [0.25, 0.3) is 0 Å². The molecule has 2 aliphatic rings. The first-order chi connectivity index (χ1) is 9.16. The minimum absolute atomic E-state index is 0.282. The van der Waals surface area contributed by atoms with Crippen molar-refractivity contribution >= 4 is 5.82 Å². The molecule has 5 nitrogen and oxygen atoms in total. The topological polar surface area (TPSA) is 47.5 Å². The molecule has 1 atom stereocenters. The summed E-state index contributed by atoms with van der Waals surface area (Å²) in [6.45, 7) is 9.42. The van der Waals surface area contributed by atoms with Crippen molar-refractivity contribution in [2.45, 2.75) is 39.2 Å². The molecule has 5 heteroatoms. The van der Waals surface area contributed by atoms with E-state index in [0.29, 0.717) is 12.5 Å². The van der Waals surface area contributed by atoms with E-state index < -0.39 is 0 Å². The third-order valence-electron chi connectivity index (χ3n) is 3.66. The van der Waals surface area contributed by atoms with Gasteiger partial charge in [-0.1, -0.05) is 13.8 Å². The van der Waals surface area contributed by atoms with Crippen molar-refractivity contribution in [1.82, 2.24) is 9.97 Å². The van der Waals surface area contributed by atoms with E-state index in [0.717, 1.165) is 49.3 Å². The minimum Gasteiger partial charge on any atom is -0.486 e. The predicted octanol–water partition coefficient (Wildman–Crippen LogP) is 1.90. The lowest BCUT2D eigenvalue weighted by molar-refractivity contribution is 0.114. The van der Waals surface area contributed by atoms with Crippen LogP contribution in [0.4, 0.5) is 5.82 Å². The third kappa shape index (κ3) is 2.27. The highest BCUT2D eigenvalue weighted by molar-refractivity contribution is 5.58. The number of ether oxygens (including phenoxy) is 2. The van der Waals surface area contributed by atoms with Gasteiger partial charge in [-0.05, 0) is 19.3 Å². The molecule has 0 amide bonds. The van der Waals surface area contributed by atoms with E-state index in [4.69, 9.17) is 9.47 Å². The van der Waals surface area contributed by atoms with E-state index in [1.54, 1.807) is 0 Å². The lowest BCUT2D eigenvalue weighted by Gasteiger charge is -2.36. The van der Waals surface area contributed by atoms with Crippen LogP contribution in [-0.4, -0.2) is 42.4 Å². The summed E-state index contributed by atoms with van der Waals surface area (Å²) >= 11 is 0. The molecule has 3 heterocycles. The Hall–Kier alpha value is -1.36. The van der Waals surface area contributed by atoms with Crippen LogP contribution in [-0.2, 0) is 4.74 Å². The maximum absolute atomic E-state index is 5.95. The smallest absolute Gasteiger partial charge is 0.183 e. The number of anilines is 1. The zero-order chi connectivity index (χ0) is 13.4. The average Bonchev–Trinajstić information content (AvgIpc) is 2.62. The maximum Gasteiger partial charge on any atom is 0.183 e. The summed E-state index contributed by atoms with van der Waals surface area (Å²) in [5.41, 5.74) is 1.02. The van der Waals surface area contributed by atoms with Gasteiger partial charge in [-0.25, -0.2) is 9.97 Å². The maximum atomic E-state index is 5.95. The number of nitrogens with zero attached hydrogens (tertiary/aromatic N) is 3. The Morgan fingerprint density at radius 3 is 2.89 bits per heavy atom. The number of aromatic nitrogens is 2. The summed E-state index contributed by atoms with van der Waals surface area (Å²) in [5, 5.41) is 0. The van der Waals surface area contributed by atoms with Crippen LogP contribution in [0.2, 0.25) is 0 Å². The summed E-state index contributed by atoms with van der Waals surface area (Å²) in [7, 11) is 0. The lowest BCUT2D eigenvalue weighted by Crippen LogP contribution is -2.46. The van der Waals surface area contributed by atoms with Crippen LogP contribution >= 0.6 is 0 Å². The van der Waals surface area contributed by atoms with E-state index in [1.807, 2.05) is 6.92 Å². The van der Waals surface area contributed by atoms with E-state index >= 15 is 0 Å². The molecule has 1 fully saturated rings. The average molecular weight is 263 g/mol. The van der Waals surface area contributed by atoms with Crippen LogP contribution in [0.3, 0.4) is 0 Å². The van der Waals surface area contributed by atoms with Gasteiger partial charge in [0.05, 0.1) is 18.3 Å². The van der Waals surface area contributed by atoms with Gasteiger partial charge in [-0.3, -0.25) is 0 Å². The zero-order valence-electron chi connectivity index (χ0n) is 11.8. The van der Waals surface area contributed by atoms with Gasteiger partial charge in [0.15, 0.2) is 11.6 Å². The number of hydrogen-bond acceptors (Lipinski definition) is 5. The molecule has 0 N–H and O–H groups in total. The van der Waals surface area contributed by atoms with Crippen molar-refractivity contribution in [1.29, 1.82) is 0 Å². The van der Waals surface area contributed by atoms with Gasteiger partial charge in [0.1, 0.15) is 12.4 Å². The Morgan fingerprint density at radius 2 is 2.11 bits per heavy atom. The van der Waals surface area contributed by atoms with Crippen molar-refractivity contribution in [3.63, 3.8) is 0 Å². The number of fused-ring (bicyclic) bond motifs is 3. The Morgan fingerprint density at radius 1 is 1.26 bits per heavy atom. The number of aryl methyl sites for hydroxylation is 1. The zero-order valence-corrected chi connectivity index (χ0v) is 11.8. The fourth-order valence-electron chi connectivity index (χ4n) is 2.72. The molecule has 1 saturated heterocycles. The first kappa shape index (κ1) is 12.7. The van der Waals surface area contributed by atoms with Crippen LogP contribution < -0.4 is 9.64 Å². The Kier molecular flexibility index (Phi) is 3.31. The molecule has 2 aliphatic heterocycles. The van der Waals surface area contributed by atoms with E-state index in [1.165, 1.54) is 0 Å². The molecule has 0 aromatic carbocycles. The highest BCUT2D eigenvalue weighted by Gasteiger charge is 2.33.